The van der Waals surface area contributed by atoms with Crippen molar-refractivity contribution in [3.05, 3.63) is 45.0 Å². The highest BCUT2D eigenvalue weighted by Gasteiger charge is 2.38. The lowest BCUT2D eigenvalue weighted by molar-refractivity contribution is 0.177. The second-order valence-corrected chi connectivity index (χ2v) is 8.67. The van der Waals surface area contributed by atoms with Crippen molar-refractivity contribution in [2.24, 2.45) is 5.92 Å². The fourth-order valence-corrected chi connectivity index (χ4v) is 4.02. The van der Waals surface area contributed by atoms with Crippen molar-refractivity contribution >= 4 is 40.5 Å². The van der Waals surface area contributed by atoms with Crippen molar-refractivity contribution in [1.29, 1.82) is 0 Å². The third kappa shape index (κ3) is 4.43. The zero-order chi connectivity index (χ0) is 23.9. The number of anilines is 2. The van der Waals surface area contributed by atoms with E-state index in [0.717, 1.165) is 5.39 Å². The number of rotatable bonds is 6. The summed E-state index contributed by atoms with van der Waals surface area (Å²) in [5, 5.41) is 4.35. The molecule has 2 N–H and O–H groups in total. The summed E-state index contributed by atoms with van der Waals surface area (Å²) in [5.41, 5.74) is 0.827. The van der Waals surface area contributed by atoms with Crippen LogP contribution < -0.4 is 20.5 Å². The maximum Gasteiger partial charge on any atom is 0.417 e. The van der Waals surface area contributed by atoms with Gasteiger partial charge in [-0.2, -0.15) is 15.0 Å². The van der Waals surface area contributed by atoms with E-state index in [2.05, 4.69) is 25.3 Å². The number of aryl methyl sites for hydroxylation is 1. The quantitative estimate of drug-likeness (QED) is 0.554. The van der Waals surface area contributed by atoms with Gasteiger partial charge in [0.05, 0.1) is 29.7 Å². The predicted octanol–water partition coefficient (Wildman–Crippen LogP) is 3.84. The third-order valence-electron chi connectivity index (χ3n) is 5.58. The molecule has 1 saturated heterocycles. The third-order valence-corrected chi connectivity index (χ3v) is 5.88. The van der Waals surface area contributed by atoms with Crippen molar-refractivity contribution in [2.45, 2.75) is 39.8 Å². The molecular weight excluding hydrogens is 448 g/mol. The smallest absolute Gasteiger partial charge is 0.417 e. The molecule has 3 aromatic rings. The van der Waals surface area contributed by atoms with Crippen LogP contribution in [-0.2, 0) is 4.74 Å². The number of aromatic nitrogens is 4. The molecule has 0 spiro atoms. The molecule has 1 fully saturated rings. The zero-order valence-electron chi connectivity index (χ0n) is 19.0. The summed E-state index contributed by atoms with van der Waals surface area (Å²) in [5.74, 6) is 1.53. The summed E-state index contributed by atoms with van der Waals surface area (Å²) in [4.78, 5) is 42.5. The molecular formula is C22H25ClN6O4. The molecule has 1 aliphatic heterocycles. The van der Waals surface area contributed by atoms with E-state index in [4.69, 9.17) is 21.1 Å². The Bertz CT molecular complexity index is 1280. The SMILES string of the molecule is COc1cc2[nH]c(=O)c([C@H](C)Nc3nc(C)nc(N4C(=O)OC[C@@H]4C(C)C)n3)cc2cc1Cl. The number of hydrogen-bond donors (Lipinski definition) is 2. The number of cyclic esters (lactones) is 1. The number of nitrogens with one attached hydrogen (secondary N) is 2. The van der Waals surface area contributed by atoms with Crippen LogP contribution in [0.15, 0.2) is 23.0 Å². The minimum atomic E-state index is -0.489. The van der Waals surface area contributed by atoms with Gasteiger partial charge in [-0.1, -0.05) is 25.4 Å². The van der Waals surface area contributed by atoms with Crippen molar-refractivity contribution in [3.8, 4) is 5.75 Å². The Morgan fingerprint density at radius 2 is 1.97 bits per heavy atom. The number of nitrogens with zero attached hydrogens (tertiary/aromatic N) is 4. The number of benzene rings is 1. The zero-order valence-corrected chi connectivity index (χ0v) is 19.7. The van der Waals surface area contributed by atoms with Crippen LogP contribution in [0.4, 0.5) is 16.7 Å². The fourth-order valence-electron chi connectivity index (χ4n) is 3.77. The Balaban J connectivity index is 1.66. The van der Waals surface area contributed by atoms with E-state index < -0.39 is 12.1 Å². The van der Waals surface area contributed by atoms with Gasteiger partial charge in [-0.15, -0.1) is 0 Å². The number of methoxy groups -OCH3 is 1. The summed E-state index contributed by atoms with van der Waals surface area (Å²) >= 11 is 6.25. The summed E-state index contributed by atoms with van der Waals surface area (Å²) in [6.07, 6.45) is -0.489. The lowest BCUT2D eigenvalue weighted by atomic mass is 10.1. The van der Waals surface area contributed by atoms with Crippen molar-refractivity contribution in [2.75, 3.05) is 23.9 Å². The van der Waals surface area contributed by atoms with E-state index in [1.54, 1.807) is 25.1 Å². The molecule has 0 radical (unpaired) electrons. The van der Waals surface area contributed by atoms with E-state index in [9.17, 15) is 9.59 Å². The van der Waals surface area contributed by atoms with Crippen molar-refractivity contribution in [3.63, 3.8) is 0 Å². The Kier molecular flexibility index (Phi) is 6.11. The molecule has 10 nitrogen and oxygen atoms in total. The largest absolute Gasteiger partial charge is 0.495 e. The first kappa shape index (κ1) is 22.8. The first-order chi connectivity index (χ1) is 15.7. The number of halogens is 1. The molecule has 33 heavy (non-hydrogen) atoms. The standard InChI is InChI=1S/C22H25ClN6O4/c1-10(2)17-9-33-22(31)29(17)21-26-12(4)25-20(28-21)24-11(3)14-6-13-7-15(23)18(32-5)8-16(13)27-19(14)30/h6-8,10-11,17H,9H2,1-5H3,(H,27,30)(H,24,25,26,28)/t11-,17+/m0/s1. The van der Waals surface area contributed by atoms with Crippen molar-refractivity contribution < 1.29 is 14.3 Å². The number of fused-ring (bicyclic) bond motifs is 1. The van der Waals surface area contributed by atoms with E-state index in [0.29, 0.717) is 27.7 Å². The lowest BCUT2D eigenvalue weighted by Crippen LogP contribution is -2.38. The first-order valence-corrected chi connectivity index (χ1v) is 10.9. The number of ether oxygens (including phenoxy) is 2. The molecule has 0 aliphatic carbocycles. The van der Waals surface area contributed by atoms with Crippen LogP contribution in [0, 0.1) is 12.8 Å². The molecule has 4 rings (SSSR count). The maximum absolute atomic E-state index is 12.8. The number of aromatic amines is 1. The number of H-pyrrole nitrogens is 1. The van der Waals surface area contributed by atoms with E-state index in [-0.39, 0.29) is 36.0 Å². The van der Waals surface area contributed by atoms with E-state index in [1.807, 2.05) is 20.8 Å². The second kappa shape index (κ2) is 8.86. The van der Waals surface area contributed by atoms with Crippen molar-refractivity contribution in [1.82, 2.24) is 19.9 Å². The van der Waals surface area contributed by atoms with Crippen LogP contribution in [0.1, 0.15) is 38.2 Å². The summed E-state index contributed by atoms with van der Waals surface area (Å²) < 4.78 is 10.4. The Morgan fingerprint density at radius 1 is 1.21 bits per heavy atom. The molecule has 174 valence electrons. The molecule has 1 aliphatic rings. The monoisotopic (exact) mass is 472 g/mol. The van der Waals surface area contributed by atoms with Gasteiger partial charge in [-0.3, -0.25) is 4.79 Å². The minimum absolute atomic E-state index is 0.158. The molecule has 1 amide bonds. The molecule has 0 unspecified atom stereocenters. The fraction of sp³-hybridized carbons (Fsp3) is 0.409. The van der Waals surface area contributed by atoms with Gasteiger partial charge in [0.1, 0.15) is 18.2 Å². The molecule has 3 heterocycles. The number of pyridine rings is 1. The molecule has 2 atom stereocenters. The van der Waals surface area contributed by atoms with Crippen LogP contribution >= 0.6 is 11.6 Å². The number of carbonyl (C=O) groups excluding carboxylic acids is 1. The predicted molar refractivity (Wildman–Crippen MR) is 125 cm³/mol. The van der Waals surface area contributed by atoms with Gasteiger partial charge in [-0.05, 0) is 31.9 Å². The minimum Gasteiger partial charge on any atom is -0.495 e. The highest BCUT2D eigenvalue weighted by molar-refractivity contribution is 6.32. The highest BCUT2D eigenvalue weighted by atomic mass is 35.5. The molecule has 11 heteroatoms. The number of hydrogen-bond acceptors (Lipinski definition) is 8. The molecule has 2 aromatic heterocycles. The van der Waals surface area contributed by atoms with Gasteiger partial charge in [0.25, 0.3) is 5.56 Å². The topological polar surface area (TPSA) is 122 Å². The normalized spacial score (nSPS) is 16.9. The molecule has 0 bridgehead atoms. The van der Waals surface area contributed by atoms with Crippen LogP contribution in [0.5, 0.6) is 5.75 Å². The maximum atomic E-state index is 12.8. The van der Waals surface area contributed by atoms with Gasteiger partial charge >= 0.3 is 6.09 Å². The van der Waals surface area contributed by atoms with E-state index >= 15 is 0 Å². The van der Waals surface area contributed by atoms with Gasteiger partial charge in [0.2, 0.25) is 11.9 Å². The second-order valence-electron chi connectivity index (χ2n) is 8.26. The van der Waals surface area contributed by atoms with Crippen LogP contribution in [-0.4, -0.2) is 45.8 Å². The molecule has 0 saturated carbocycles. The Hall–Kier alpha value is -3.40. The van der Waals surface area contributed by atoms with Gasteiger partial charge in [-0.25, -0.2) is 9.69 Å². The lowest BCUT2D eigenvalue weighted by Gasteiger charge is -2.23. The average molecular weight is 473 g/mol. The van der Waals surface area contributed by atoms with Crippen LogP contribution in [0.2, 0.25) is 5.02 Å². The number of carbonyl (C=O) groups is 1. The summed E-state index contributed by atoms with van der Waals surface area (Å²) in [6.45, 7) is 7.82. The molecule has 1 aromatic carbocycles. The Morgan fingerprint density at radius 3 is 2.67 bits per heavy atom. The summed E-state index contributed by atoms with van der Waals surface area (Å²) in [6, 6.07) is 4.56. The Labute approximate surface area is 195 Å². The van der Waals surface area contributed by atoms with Crippen LogP contribution in [0.3, 0.4) is 0 Å². The van der Waals surface area contributed by atoms with Crippen LogP contribution in [0.25, 0.3) is 10.9 Å². The van der Waals surface area contributed by atoms with Gasteiger partial charge in [0.15, 0.2) is 0 Å². The van der Waals surface area contributed by atoms with Gasteiger partial charge in [0, 0.05) is 17.0 Å². The average Bonchev–Trinajstić information content (AvgIpc) is 3.14. The van der Waals surface area contributed by atoms with E-state index in [1.165, 1.54) is 12.0 Å². The first-order valence-electron chi connectivity index (χ1n) is 10.5. The summed E-state index contributed by atoms with van der Waals surface area (Å²) in [7, 11) is 1.52. The number of amides is 1. The van der Waals surface area contributed by atoms with Gasteiger partial charge < -0.3 is 19.8 Å². The highest BCUT2D eigenvalue weighted by Crippen LogP contribution is 2.30.